The van der Waals surface area contributed by atoms with Crippen LogP contribution in [0.4, 0.5) is 0 Å². The summed E-state index contributed by atoms with van der Waals surface area (Å²) in [4.78, 5) is 25.4. The van der Waals surface area contributed by atoms with Crippen LogP contribution in [0, 0.1) is 5.92 Å². The van der Waals surface area contributed by atoms with Gasteiger partial charge in [0.25, 0.3) is 0 Å². The van der Waals surface area contributed by atoms with Crippen molar-refractivity contribution in [3.05, 3.63) is 54.1 Å². The van der Waals surface area contributed by atoms with Gasteiger partial charge in [-0.15, -0.1) is 11.6 Å². The van der Waals surface area contributed by atoms with E-state index < -0.39 is 44.7 Å². The number of alkyl halides is 1. The third-order valence-electron chi connectivity index (χ3n) is 6.71. The van der Waals surface area contributed by atoms with Crippen molar-refractivity contribution in [1.82, 2.24) is 16.0 Å². The lowest BCUT2D eigenvalue weighted by Crippen LogP contribution is -2.66. The summed E-state index contributed by atoms with van der Waals surface area (Å²) in [5, 5.41) is 20.2. The van der Waals surface area contributed by atoms with E-state index in [9.17, 15) is 23.1 Å². The first-order valence-corrected chi connectivity index (χ1v) is 15.3. The number of carbonyl (C=O) groups excluding carboxylic acids is 2. The van der Waals surface area contributed by atoms with Crippen molar-refractivity contribution in [2.24, 2.45) is 5.92 Å². The smallest absolute Gasteiger partial charge is 0.244 e. The van der Waals surface area contributed by atoms with Gasteiger partial charge in [-0.05, 0) is 37.0 Å². The summed E-state index contributed by atoms with van der Waals surface area (Å²) in [5.74, 6) is -1.19. The van der Waals surface area contributed by atoms with Gasteiger partial charge in [-0.3, -0.25) is 14.9 Å². The van der Waals surface area contributed by atoms with Crippen molar-refractivity contribution in [3.8, 4) is 11.5 Å². The minimum Gasteiger partial charge on any atom is -0.454 e. The highest BCUT2D eigenvalue weighted by Crippen LogP contribution is 2.34. The number of halogens is 1. The van der Waals surface area contributed by atoms with Crippen molar-refractivity contribution in [2.45, 2.75) is 62.7 Å². The molecule has 3 rings (SSSR count). The highest BCUT2D eigenvalue weighted by Gasteiger charge is 2.38. The second kappa shape index (κ2) is 13.2. The zero-order chi connectivity index (χ0) is 29.6. The summed E-state index contributed by atoms with van der Waals surface area (Å²) < 4.78 is 37.0. The summed E-state index contributed by atoms with van der Waals surface area (Å²) >= 11 is 5.65. The molecule has 12 heteroatoms. The van der Waals surface area contributed by atoms with E-state index in [1.54, 1.807) is 0 Å². The monoisotopic (exact) mass is 595 g/mol. The Morgan fingerprint density at radius 1 is 1.10 bits per heavy atom. The number of nitrogens with one attached hydrogen (secondary N) is 3. The standard InChI is InChI=1S/C28H38ClN3O7S/c1-5-28(14-20-9-7-6-8-10-20,32-26(34)25(19(2)3)31-24(33)15-29)30-16-27(4,35)17-40(36,37)21-11-12-22-23(13-21)39-18-38-22/h6-13,19,25,30,35H,5,14-18H2,1-4H3,(H,31,33)(H,32,34)/t25-,27+,28?/m0/s1. The number of sulfone groups is 1. The lowest BCUT2D eigenvalue weighted by Gasteiger charge is -2.39. The molecule has 0 spiro atoms. The first-order chi connectivity index (χ1) is 18.8. The molecule has 40 heavy (non-hydrogen) atoms. The van der Waals surface area contributed by atoms with Gasteiger partial charge in [0.15, 0.2) is 21.3 Å². The summed E-state index contributed by atoms with van der Waals surface area (Å²) in [7, 11) is -3.91. The molecule has 0 fully saturated rings. The maximum atomic E-state index is 13.4. The fourth-order valence-corrected chi connectivity index (χ4v) is 6.19. The maximum absolute atomic E-state index is 13.4. The Morgan fingerprint density at radius 2 is 1.77 bits per heavy atom. The van der Waals surface area contributed by atoms with Crippen LogP contribution in [-0.4, -0.2) is 67.6 Å². The molecule has 220 valence electrons. The van der Waals surface area contributed by atoms with Crippen LogP contribution in [0.15, 0.2) is 53.4 Å². The number of aliphatic hydroxyl groups is 1. The highest BCUT2D eigenvalue weighted by molar-refractivity contribution is 7.91. The summed E-state index contributed by atoms with van der Waals surface area (Å²) in [5.41, 5.74) is -1.86. The van der Waals surface area contributed by atoms with Gasteiger partial charge in [0.2, 0.25) is 18.6 Å². The summed E-state index contributed by atoms with van der Waals surface area (Å²) in [6.07, 6.45) is 0.738. The third-order valence-corrected chi connectivity index (χ3v) is 8.93. The number of hydrogen-bond donors (Lipinski definition) is 4. The molecule has 0 radical (unpaired) electrons. The third kappa shape index (κ3) is 8.33. The molecule has 0 saturated heterocycles. The average molecular weight is 596 g/mol. The van der Waals surface area contributed by atoms with Crippen LogP contribution in [0.3, 0.4) is 0 Å². The molecule has 10 nitrogen and oxygen atoms in total. The topological polar surface area (TPSA) is 143 Å². The van der Waals surface area contributed by atoms with Gasteiger partial charge in [-0.25, -0.2) is 8.42 Å². The van der Waals surface area contributed by atoms with Crippen LogP contribution >= 0.6 is 11.6 Å². The minimum absolute atomic E-state index is 0.00572. The molecule has 4 N–H and O–H groups in total. The zero-order valence-corrected chi connectivity index (χ0v) is 24.8. The number of fused-ring (bicyclic) bond motifs is 1. The molecule has 3 atom stereocenters. The van der Waals surface area contributed by atoms with Gasteiger partial charge in [-0.2, -0.15) is 0 Å². The predicted molar refractivity (Wildman–Crippen MR) is 152 cm³/mol. The van der Waals surface area contributed by atoms with E-state index in [0.717, 1.165) is 5.56 Å². The molecular formula is C28H38ClN3O7S. The molecule has 2 aromatic carbocycles. The van der Waals surface area contributed by atoms with Crippen molar-refractivity contribution >= 4 is 33.3 Å². The maximum Gasteiger partial charge on any atom is 0.244 e. The fourth-order valence-electron chi connectivity index (χ4n) is 4.47. The van der Waals surface area contributed by atoms with E-state index in [0.29, 0.717) is 24.3 Å². The first kappa shape index (κ1) is 31.7. The largest absolute Gasteiger partial charge is 0.454 e. The molecule has 0 aromatic heterocycles. The molecule has 1 aliphatic heterocycles. The number of carbonyl (C=O) groups is 2. The normalized spacial score (nSPS) is 16.6. The van der Waals surface area contributed by atoms with Gasteiger partial charge >= 0.3 is 0 Å². The molecule has 1 heterocycles. The molecule has 0 saturated carbocycles. The molecule has 0 aliphatic carbocycles. The van der Waals surface area contributed by atoms with E-state index in [4.69, 9.17) is 21.1 Å². The summed E-state index contributed by atoms with van der Waals surface area (Å²) in [6, 6.07) is 12.9. The van der Waals surface area contributed by atoms with E-state index >= 15 is 0 Å². The lowest BCUT2D eigenvalue weighted by atomic mass is 9.94. The first-order valence-electron chi connectivity index (χ1n) is 13.1. The van der Waals surface area contributed by atoms with Gasteiger partial charge in [0.05, 0.1) is 21.9 Å². The number of amides is 2. The molecule has 2 amide bonds. The predicted octanol–water partition coefficient (Wildman–Crippen LogP) is 2.37. The second-order valence-electron chi connectivity index (χ2n) is 10.6. The zero-order valence-electron chi connectivity index (χ0n) is 23.2. The Hall–Kier alpha value is -2.86. The second-order valence-corrected chi connectivity index (χ2v) is 12.9. The molecule has 2 aromatic rings. The lowest BCUT2D eigenvalue weighted by molar-refractivity contribution is -0.131. The summed E-state index contributed by atoms with van der Waals surface area (Å²) in [6.45, 7) is 6.77. The Labute approximate surface area is 240 Å². The van der Waals surface area contributed by atoms with Crippen molar-refractivity contribution in [2.75, 3.05) is 25.0 Å². The van der Waals surface area contributed by atoms with E-state index in [1.165, 1.54) is 25.1 Å². The Bertz CT molecular complexity index is 1290. The quantitative estimate of drug-likeness (QED) is 0.193. The SMILES string of the molecule is CCC(Cc1ccccc1)(NC[C@@](C)(O)CS(=O)(=O)c1ccc2c(c1)OCO2)NC(=O)[C@@H](NC(=O)CCl)C(C)C. The van der Waals surface area contributed by atoms with Gasteiger partial charge < -0.3 is 25.2 Å². The van der Waals surface area contributed by atoms with Crippen LogP contribution in [-0.2, 0) is 25.8 Å². The molecular weight excluding hydrogens is 558 g/mol. The van der Waals surface area contributed by atoms with Crippen molar-refractivity contribution in [1.29, 1.82) is 0 Å². The Kier molecular flexibility index (Phi) is 10.5. The fraction of sp³-hybridized carbons (Fsp3) is 0.500. The molecule has 0 bridgehead atoms. The van der Waals surface area contributed by atoms with E-state index in [2.05, 4.69) is 16.0 Å². The van der Waals surface area contributed by atoms with Crippen LogP contribution < -0.4 is 25.4 Å². The number of ether oxygens (including phenoxy) is 2. The van der Waals surface area contributed by atoms with Crippen molar-refractivity contribution < 1.29 is 32.6 Å². The van der Waals surface area contributed by atoms with E-state index in [-0.39, 0.29) is 30.0 Å². The van der Waals surface area contributed by atoms with Crippen LogP contribution in [0.2, 0.25) is 0 Å². The number of hydrogen-bond acceptors (Lipinski definition) is 8. The van der Waals surface area contributed by atoms with Gasteiger partial charge in [-0.1, -0.05) is 51.1 Å². The number of benzene rings is 2. The number of rotatable bonds is 14. The Morgan fingerprint density at radius 3 is 2.40 bits per heavy atom. The van der Waals surface area contributed by atoms with Crippen LogP contribution in [0.1, 0.15) is 39.7 Å². The highest BCUT2D eigenvalue weighted by atomic mass is 35.5. The van der Waals surface area contributed by atoms with E-state index in [1.807, 2.05) is 51.1 Å². The van der Waals surface area contributed by atoms with Gasteiger partial charge in [0.1, 0.15) is 11.9 Å². The van der Waals surface area contributed by atoms with Gasteiger partial charge in [0, 0.05) is 19.0 Å². The average Bonchev–Trinajstić information content (AvgIpc) is 3.38. The van der Waals surface area contributed by atoms with Crippen molar-refractivity contribution in [3.63, 3.8) is 0 Å². The minimum atomic E-state index is -3.91. The molecule has 1 aliphatic rings. The van der Waals surface area contributed by atoms with Crippen LogP contribution in [0.5, 0.6) is 11.5 Å². The Balaban J connectivity index is 1.82. The van der Waals surface area contributed by atoms with Crippen LogP contribution in [0.25, 0.3) is 0 Å². The molecule has 1 unspecified atom stereocenters.